The molecule has 1 atom stereocenters. The number of amides is 1. The van der Waals surface area contributed by atoms with E-state index in [1.165, 1.54) is 0 Å². The number of benzene rings is 2. The van der Waals surface area contributed by atoms with Crippen LogP contribution >= 0.6 is 0 Å². The third-order valence-electron chi connectivity index (χ3n) is 4.50. The zero-order chi connectivity index (χ0) is 21.0. The fourth-order valence-corrected chi connectivity index (χ4v) is 3.05. The van der Waals surface area contributed by atoms with E-state index in [0.717, 1.165) is 17.0 Å². The van der Waals surface area contributed by atoms with Gasteiger partial charge in [0.2, 0.25) is 0 Å². The number of carbonyl (C=O) groups is 1. The summed E-state index contributed by atoms with van der Waals surface area (Å²) < 4.78 is 12.7. The second kappa shape index (κ2) is 8.77. The van der Waals surface area contributed by atoms with Crippen LogP contribution in [0.3, 0.4) is 0 Å². The van der Waals surface area contributed by atoms with Gasteiger partial charge in [-0.1, -0.05) is 29.5 Å². The van der Waals surface area contributed by atoms with Crippen LogP contribution < -0.4 is 14.8 Å². The van der Waals surface area contributed by atoms with Crippen molar-refractivity contribution in [3.8, 4) is 17.2 Å². The number of hydrogen-bond donors (Lipinski definition) is 1. The molecule has 0 spiro atoms. The van der Waals surface area contributed by atoms with Gasteiger partial charge in [-0.2, -0.15) is 0 Å². The molecule has 1 aromatic heterocycles. The second-order valence-electron chi connectivity index (χ2n) is 7.04. The number of hydrogen-bond acceptors (Lipinski definition) is 5. The van der Waals surface area contributed by atoms with Gasteiger partial charge >= 0.3 is 0 Å². The Morgan fingerprint density at radius 2 is 1.86 bits per heavy atom. The lowest BCUT2D eigenvalue weighted by atomic mass is 10.1. The molecule has 0 bridgehead atoms. The maximum atomic E-state index is 12.8. The van der Waals surface area contributed by atoms with Gasteiger partial charge in [0, 0.05) is 0 Å². The highest BCUT2D eigenvalue weighted by molar-refractivity contribution is 5.93. The number of ether oxygens (including phenoxy) is 2. The highest BCUT2D eigenvalue weighted by atomic mass is 16.5. The highest BCUT2D eigenvalue weighted by Gasteiger charge is 2.21. The molecule has 0 unspecified atom stereocenters. The van der Waals surface area contributed by atoms with E-state index in [2.05, 4.69) is 15.6 Å². The van der Waals surface area contributed by atoms with E-state index in [1.54, 1.807) is 11.8 Å². The lowest BCUT2D eigenvalue weighted by molar-refractivity contribution is 0.0934. The first kappa shape index (κ1) is 20.4. The third-order valence-corrected chi connectivity index (χ3v) is 4.50. The lowest BCUT2D eigenvalue weighted by Gasteiger charge is -2.16. The Morgan fingerprint density at radius 1 is 1.10 bits per heavy atom. The molecule has 0 fully saturated rings. The summed E-state index contributed by atoms with van der Waals surface area (Å²) in [7, 11) is 1.59. The quantitative estimate of drug-likeness (QED) is 0.658. The number of methoxy groups -OCH3 is 1. The van der Waals surface area contributed by atoms with Crippen molar-refractivity contribution in [2.24, 2.45) is 0 Å². The monoisotopic (exact) mass is 394 g/mol. The van der Waals surface area contributed by atoms with Gasteiger partial charge in [-0.15, -0.1) is 5.10 Å². The van der Waals surface area contributed by atoms with Crippen molar-refractivity contribution in [2.45, 2.75) is 39.8 Å². The van der Waals surface area contributed by atoms with Crippen LogP contribution in [0.25, 0.3) is 5.69 Å². The standard InChI is InChI=1S/C22H26N4O3/c1-14(2)29-18-10-8-9-17(13-18)15(3)23-22(27)21-16(4)26(25-24-21)19-11-6-7-12-20(19)28-5/h6-15H,1-5H3,(H,23,27)/t15-/m1/s1. The van der Waals surface area contributed by atoms with Crippen LogP contribution in [-0.2, 0) is 0 Å². The highest BCUT2D eigenvalue weighted by Crippen LogP contribution is 2.24. The first-order chi connectivity index (χ1) is 13.9. The molecule has 3 rings (SSSR count). The number of nitrogens with one attached hydrogen (secondary N) is 1. The molecule has 0 aliphatic rings. The van der Waals surface area contributed by atoms with Gasteiger partial charge in [0.1, 0.15) is 17.2 Å². The lowest BCUT2D eigenvalue weighted by Crippen LogP contribution is -2.27. The molecule has 7 heteroatoms. The van der Waals surface area contributed by atoms with Gasteiger partial charge in [0.15, 0.2) is 5.69 Å². The first-order valence-corrected chi connectivity index (χ1v) is 9.54. The van der Waals surface area contributed by atoms with E-state index in [-0.39, 0.29) is 23.7 Å². The Kier molecular flexibility index (Phi) is 6.16. The molecule has 152 valence electrons. The smallest absolute Gasteiger partial charge is 0.274 e. The number of aromatic nitrogens is 3. The minimum Gasteiger partial charge on any atom is -0.494 e. The summed E-state index contributed by atoms with van der Waals surface area (Å²) in [5.41, 5.74) is 2.59. The number of para-hydroxylation sites is 2. The SMILES string of the molecule is COc1ccccc1-n1nnc(C(=O)N[C@H](C)c2cccc(OC(C)C)c2)c1C. The van der Waals surface area contributed by atoms with Crippen LogP contribution in [0.15, 0.2) is 48.5 Å². The Bertz CT molecular complexity index is 997. The zero-order valence-electron chi connectivity index (χ0n) is 17.3. The van der Waals surface area contributed by atoms with Crippen molar-refractivity contribution in [1.29, 1.82) is 0 Å². The van der Waals surface area contributed by atoms with Crippen molar-refractivity contribution in [1.82, 2.24) is 20.3 Å². The molecule has 1 heterocycles. The fraction of sp³-hybridized carbons (Fsp3) is 0.318. The van der Waals surface area contributed by atoms with E-state index in [9.17, 15) is 4.79 Å². The molecule has 1 amide bonds. The topological polar surface area (TPSA) is 78.3 Å². The summed E-state index contributed by atoms with van der Waals surface area (Å²) in [4.78, 5) is 12.8. The number of nitrogens with zero attached hydrogens (tertiary/aromatic N) is 3. The first-order valence-electron chi connectivity index (χ1n) is 9.54. The Morgan fingerprint density at radius 3 is 2.59 bits per heavy atom. The van der Waals surface area contributed by atoms with E-state index in [0.29, 0.717) is 11.4 Å². The summed E-state index contributed by atoms with van der Waals surface area (Å²) in [5, 5.41) is 11.2. The molecule has 0 saturated carbocycles. The van der Waals surface area contributed by atoms with Gasteiger partial charge in [-0.3, -0.25) is 4.79 Å². The van der Waals surface area contributed by atoms with Crippen molar-refractivity contribution in [3.05, 3.63) is 65.5 Å². The average molecular weight is 394 g/mol. The molecule has 7 nitrogen and oxygen atoms in total. The average Bonchev–Trinajstić information content (AvgIpc) is 3.08. The second-order valence-corrected chi connectivity index (χ2v) is 7.04. The van der Waals surface area contributed by atoms with Gasteiger partial charge in [0.25, 0.3) is 5.91 Å². The van der Waals surface area contributed by atoms with Gasteiger partial charge in [0.05, 0.1) is 24.9 Å². The Labute approximate surface area is 170 Å². The molecule has 29 heavy (non-hydrogen) atoms. The van der Waals surface area contributed by atoms with E-state index < -0.39 is 0 Å². The predicted octanol–water partition coefficient (Wildman–Crippen LogP) is 3.86. The fourth-order valence-electron chi connectivity index (χ4n) is 3.05. The number of rotatable bonds is 7. The molecule has 1 N–H and O–H groups in total. The summed E-state index contributed by atoms with van der Waals surface area (Å²) in [6, 6.07) is 15.0. The molecule has 0 aliphatic heterocycles. The molecular formula is C22H26N4O3. The molecule has 2 aromatic carbocycles. The summed E-state index contributed by atoms with van der Waals surface area (Å²) >= 11 is 0. The summed E-state index contributed by atoms with van der Waals surface area (Å²) in [6.45, 7) is 7.69. The number of carbonyl (C=O) groups excluding carboxylic acids is 1. The molecule has 0 aliphatic carbocycles. The molecular weight excluding hydrogens is 368 g/mol. The maximum Gasteiger partial charge on any atom is 0.274 e. The van der Waals surface area contributed by atoms with Crippen LogP contribution in [0.2, 0.25) is 0 Å². The van der Waals surface area contributed by atoms with Crippen molar-refractivity contribution in [3.63, 3.8) is 0 Å². The van der Waals surface area contributed by atoms with Crippen LogP contribution in [0, 0.1) is 6.92 Å². The third kappa shape index (κ3) is 4.56. The van der Waals surface area contributed by atoms with Crippen LogP contribution in [0.5, 0.6) is 11.5 Å². The summed E-state index contributed by atoms with van der Waals surface area (Å²) in [5.74, 6) is 1.14. The van der Waals surface area contributed by atoms with Gasteiger partial charge in [-0.25, -0.2) is 4.68 Å². The summed E-state index contributed by atoms with van der Waals surface area (Å²) in [6.07, 6.45) is 0.0859. The van der Waals surface area contributed by atoms with E-state index in [4.69, 9.17) is 9.47 Å². The molecule has 0 saturated heterocycles. The zero-order valence-corrected chi connectivity index (χ0v) is 17.3. The van der Waals surface area contributed by atoms with Crippen LogP contribution in [-0.4, -0.2) is 34.1 Å². The predicted molar refractivity (Wildman–Crippen MR) is 111 cm³/mol. The van der Waals surface area contributed by atoms with Crippen LogP contribution in [0.1, 0.15) is 48.6 Å². The van der Waals surface area contributed by atoms with Crippen molar-refractivity contribution in [2.75, 3.05) is 7.11 Å². The van der Waals surface area contributed by atoms with E-state index >= 15 is 0 Å². The minimum absolute atomic E-state index is 0.0859. The molecule has 0 radical (unpaired) electrons. The Hall–Kier alpha value is -3.35. The van der Waals surface area contributed by atoms with E-state index in [1.807, 2.05) is 76.2 Å². The van der Waals surface area contributed by atoms with Crippen molar-refractivity contribution < 1.29 is 14.3 Å². The van der Waals surface area contributed by atoms with Crippen molar-refractivity contribution >= 4 is 5.91 Å². The normalized spacial score (nSPS) is 11.9. The van der Waals surface area contributed by atoms with Gasteiger partial charge < -0.3 is 14.8 Å². The Balaban J connectivity index is 1.79. The minimum atomic E-state index is -0.286. The van der Waals surface area contributed by atoms with Gasteiger partial charge in [-0.05, 0) is 57.5 Å². The maximum absolute atomic E-state index is 12.8. The largest absolute Gasteiger partial charge is 0.494 e. The molecule has 3 aromatic rings. The van der Waals surface area contributed by atoms with Crippen LogP contribution in [0.4, 0.5) is 0 Å².